The van der Waals surface area contributed by atoms with Crippen molar-refractivity contribution in [3.63, 3.8) is 0 Å². The third kappa shape index (κ3) is 5.55. The summed E-state index contributed by atoms with van der Waals surface area (Å²) in [5, 5.41) is 0. The van der Waals surface area contributed by atoms with Crippen LogP contribution in [0.3, 0.4) is 0 Å². The molecule has 3 nitrogen and oxygen atoms in total. The standard InChI is InChI=1S/C12H17F2NO2S/c1-18(16,17)6-2-3-10(15)7-9-4-5-11(13)12(14)8-9/h4-5,8,10H,2-3,6-7,15H2,1H3. The van der Waals surface area contributed by atoms with E-state index in [4.69, 9.17) is 5.73 Å². The fourth-order valence-corrected chi connectivity index (χ4v) is 2.37. The van der Waals surface area contributed by atoms with Crippen LogP contribution in [-0.4, -0.2) is 26.5 Å². The Kier molecular flexibility index (Phi) is 5.22. The lowest BCUT2D eigenvalue weighted by Crippen LogP contribution is -2.23. The Morgan fingerprint density at radius 1 is 1.28 bits per heavy atom. The highest BCUT2D eigenvalue weighted by Gasteiger charge is 2.09. The second-order valence-electron chi connectivity index (χ2n) is 4.48. The molecular formula is C12H17F2NO2S. The van der Waals surface area contributed by atoms with Gasteiger partial charge in [-0.1, -0.05) is 6.07 Å². The summed E-state index contributed by atoms with van der Waals surface area (Å²) >= 11 is 0. The minimum atomic E-state index is -2.97. The molecule has 0 heterocycles. The number of sulfone groups is 1. The SMILES string of the molecule is CS(=O)(=O)CCCC(N)Cc1ccc(F)c(F)c1. The Bertz CT molecular complexity index is 503. The first kappa shape index (κ1) is 15.0. The predicted molar refractivity (Wildman–Crippen MR) is 67.0 cm³/mol. The van der Waals surface area contributed by atoms with Crippen LogP contribution in [0.15, 0.2) is 18.2 Å². The highest BCUT2D eigenvalue weighted by Crippen LogP contribution is 2.11. The van der Waals surface area contributed by atoms with Gasteiger partial charge in [-0.05, 0) is 37.0 Å². The van der Waals surface area contributed by atoms with E-state index in [0.717, 1.165) is 12.1 Å². The quantitative estimate of drug-likeness (QED) is 0.860. The summed E-state index contributed by atoms with van der Waals surface area (Å²) < 4.78 is 47.5. The van der Waals surface area contributed by atoms with E-state index in [1.54, 1.807) is 0 Å². The van der Waals surface area contributed by atoms with Crippen molar-refractivity contribution < 1.29 is 17.2 Å². The zero-order chi connectivity index (χ0) is 13.8. The molecule has 0 aliphatic carbocycles. The smallest absolute Gasteiger partial charge is 0.159 e. The maximum Gasteiger partial charge on any atom is 0.159 e. The molecule has 0 spiro atoms. The van der Waals surface area contributed by atoms with Crippen molar-refractivity contribution in [2.75, 3.05) is 12.0 Å². The fraction of sp³-hybridized carbons (Fsp3) is 0.500. The second kappa shape index (κ2) is 6.24. The summed E-state index contributed by atoms with van der Waals surface area (Å²) in [5.74, 6) is -1.68. The van der Waals surface area contributed by atoms with Crippen molar-refractivity contribution in [1.29, 1.82) is 0 Å². The van der Waals surface area contributed by atoms with Crippen LogP contribution >= 0.6 is 0 Å². The number of hydrogen-bond acceptors (Lipinski definition) is 3. The molecule has 0 saturated carbocycles. The number of halogens is 2. The van der Waals surface area contributed by atoms with Crippen LogP contribution in [-0.2, 0) is 16.3 Å². The molecule has 1 aromatic carbocycles. The third-order valence-electron chi connectivity index (χ3n) is 2.57. The summed E-state index contributed by atoms with van der Waals surface area (Å²) in [7, 11) is -2.97. The summed E-state index contributed by atoms with van der Waals surface area (Å²) in [5.41, 5.74) is 6.42. The highest BCUT2D eigenvalue weighted by molar-refractivity contribution is 7.90. The highest BCUT2D eigenvalue weighted by atomic mass is 32.2. The lowest BCUT2D eigenvalue weighted by molar-refractivity contribution is 0.505. The van der Waals surface area contributed by atoms with Crippen molar-refractivity contribution in [3.8, 4) is 0 Å². The molecule has 1 rings (SSSR count). The fourth-order valence-electron chi connectivity index (χ4n) is 1.68. The van der Waals surface area contributed by atoms with E-state index in [9.17, 15) is 17.2 Å². The number of nitrogens with two attached hydrogens (primary N) is 1. The first-order chi connectivity index (χ1) is 8.28. The first-order valence-electron chi connectivity index (χ1n) is 5.65. The first-order valence-corrected chi connectivity index (χ1v) is 7.71. The Labute approximate surface area is 106 Å². The largest absolute Gasteiger partial charge is 0.327 e. The molecule has 0 aliphatic heterocycles. The monoisotopic (exact) mass is 277 g/mol. The zero-order valence-electron chi connectivity index (χ0n) is 10.2. The van der Waals surface area contributed by atoms with Gasteiger partial charge in [-0.2, -0.15) is 0 Å². The summed E-state index contributed by atoms with van der Waals surface area (Å²) in [6, 6.07) is 3.41. The van der Waals surface area contributed by atoms with Gasteiger partial charge < -0.3 is 5.73 Å². The van der Waals surface area contributed by atoms with Crippen LogP contribution in [0.2, 0.25) is 0 Å². The van der Waals surface area contributed by atoms with Crippen molar-refractivity contribution in [1.82, 2.24) is 0 Å². The van der Waals surface area contributed by atoms with Gasteiger partial charge in [0.05, 0.1) is 0 Å². The van der Waals surface area contributed by atoms with E-state index in [0.29, 0.717) is 24.8 Å². The van der Waals surface area contributed by atoms with E-state index in [-0.39, 0.29) is 11.8 Å². The summed E-state index contributed by atoms with van der Waals surface area (Å²) in [6.07, 6.45) is 2.59. The molecular weight excluding hydrogens is 260 g/mol. The van der Waals surface area contributed by atoms with E-state index < -0.39 is 21.5 Å². The average Bonchev–Trinajstić information content (AvgIpc) is 2.21. The lowest BCUT2D eigenvalue weighted by atomic mass is 10.0. The van der Waals surface area contributed by atoms with E-state index in [2.05, 4.69) is 0 Å². The van der Waals surface area contributed by atoms with Gasteiger partial charge in [-0.3, -0.25) is 0 Å². The molecule has 0 aliphatic rings. The average molecular weight is 277 g/mol. The van der Waals surface area contributed by atoms with Crippen molar-refractivity contribution in [2.45, 2.75) is 25.3 Å². The van der Waals surface area contributed by atoms with E-state index in [1.165, 1.54) is 12.3 Å². The van der Waals surface area contributed by atoms with Crippen molar-refractivity contribution >= 4 is 9.84 Å². The molecule has 0 radical (unpaired) electrons. The van der Waals surface area contributed by atoms with Crippen LogP contribution in [0.5, 0.6) is 0 Å². The lowest BCUT2D eigenvalue weighted by Gasteiger charge is -2.11. The summed E-state index contributed by atoms with van der Waals surface area (Å²) in [6.45, 7) is 0. The number of benzene rings is 1. The van der Waals surface area contributed by atoms with Gasteiger partial charge in [0.15, 0.2) is 11.6 Å². The van der Waals surface area contributed by atoms with Crippen LogP contribution < -0.4 is 5.73 Å². The van der Waals surface area contributed by atoms with Crippen molar-refractivity contribution in [3.05, 3.63) is 35.4 Å². The van der Waals surface area contributed by atoms with Gasteiger partial charge >= 0.3 is 0 Å². The molecule has 0 saturated heterocycles. The second-order valence-corrected chi connectivity index (χ2v) is 6.74. The van der Waals surface area contributed by atoms with E-state index >= 15 is 0 Å². The Balaban J connectivity index is 2.44. The molecule has 1 aromatic rings. The van der Waals surface area contributed by atoms with Gasteiger partial charge in [0.1, 0.15) is 9.84 Å². The van der Waals surface area contributed by atoms with Gasteiger partial charge in [0.25, 0.3) is 0 Å². The molecule has 0 fully saturated rings. The van der Waals surface area contributed by atoms with Crippen LogP contribution in [0.4, 0.5) is 8.78 Å². The normalized spacial score (nSPS) is 13.6. The number of rotatable bonds is 6. The number of hydrogen-bond donors (Lipinski definition) is 1. The Morgan fingerprint density at radius 3 is 2.50 bits per heavy atom. The van der Waals surface area contributed by atoms with Gasteiger partial charge in [0, 0.05) is 18.1 Å². The molecule has 0 aromatic heterocycles. The molecule has 0 amide bonds. The van der Waals surface area contributed by atoms with Crippen LogP contribution in [0.1, 0.15) is 18.4 Å². The van der Waals surface area contributed by atoms with Gasteiger partial charge in [-0.15, -0.1) is 0 Å². The van der Waals surface area contributed by atoms with Crippen LogP contribution in [0, 0.1) is 11.6 Å². The topological polar surface area (TPSA) is 60.2 Å². The molecule has 1 unspecified atom stereocenters. The predicted octanol–water partition coefficient (Wildman–Crippen LogP) is 1.66. The zero-order valence-corrected chi connectivity index (χ0v) is 11.0. The third-order valence-corrected chi connectivity index (χ3v) is 3.60. The molecule has 102 valence electrons. The maximum absolute atomic E-state index is 12.9. The van der Waals surface area contributed by atoms with E-state index in [1.807, 2.05) is 0 Å². The van der Waals surface area contributed by atoms with Crippen LogP contribution in [0.25, 0.3) is 0 Å². The molecule has 6 heteroatoms. The Hall–Kier alpha value is -1.01. The molecule has 2 N–H and O–H groups in total. The minimum Gasteiger partial charge on any atom is -0.327 e. The molecule has 1 atom stereocenters. The van der Waals surface area contributed by atoms with Gasteiger partial charge in [0.2, 0.25) is 0 Å². The minimum absolute atomic E-state index is 0.0957. The van der Waals surface area contributed by atoms with Crippen molar-refractivity contribution in [2.24, 2.45) is 5.73 Å². The maximum atomic E-state index is 12.9. The molecule has 18 heavy (non-hydrogen) atoms. The molecule has 0 bridgehead atoms. The van der Waals surface area contributed by atoms with Gasteiger partial charge in [-0.25, -0.2) is 17.2 Å². The Morgan fingerprint density at radius 2 is 1.94 bits per heavy atom. The summed E-state index contributed by atoms with van der Waals surface area (Å²) in [4.78, 5) is 0.